The first-order valence-electron chi connectivity index (χ1n) is 11.0. The van der Waals surface area contributed by atoms with Crippen LogP contribution in [0.25, 0.3) is 10.9 Å². The fourth-order valence-electron chi connectivity index (χ4n) is 4.91. The molecule has 0 saturated heterocycles. The predicted molar refractivity (Wildman–Crippen MR) is 130 cm³/mol. The Hall–Kier alpha value is -3.64. The van der Waals surface area contributed by atoms with E-state index in [0.29, 0.717) is 16.7 Å². The number of aryl methyl sites for hydroxylation is 1. The quantitative estimate of drug-likeness (QED) is 0.441. The summed E-state index contributed by atoms with van der Waals surface area (Å²) in [7, 11) is 3.69. The molecule has 0 saturated carbocycles. The Morgan fingerprint density at radius 2 is 1.76 bits per heavy atom. The van der Waals surface area contributed by atoms with Gasteiger partial charge >= 0.3 is 0 Å². The average molecular weight is 476 g/mol. The Morgan fingerprint density at radius 3 is 2.56 bits per heavy atom. The van der Waals surface area contributed by atoms with Gasteiger partial charge in [-0.3, -0.25) is 9.59 Å². The van der Waals surface area contributed by atoms with Crippen LogP contribution in [0.4, 0.5) is 4.39 Å². The summed E-state index contributed by atoms with van der Waals surface area (Å²) in [6.07, 6.45) is 1.99. The molecule has 2 atom stereocenters. The molecule has 2 amide bonds. The van der Waals surface area contributed by atoms with Crippen LogP contribution in [0.5, 0.6) is 0 Å². The summed E-state index contributed by atoms with van der Waals surface area (Å²) < 4.78 is 15.5. The van der Waals surface area contributed by atoms with Crippen molar-refractivity contribution in [2.24, 2.45) is 7.05 Å². The van der Waals surface area contributed by atoms with E-state index in [1.807, 2.05) is 54.2 Å². The maximum Gasteiger partial charge on any atom is 0.254 e. The van der Waals surface area contributed by atoms with Gasteiger partial charge in [-0.1, -0.05) is 54.1 Å². The second-order valence-corrected chi connectivity index (χ2v) is 9.00. The topological polar surface area (TPSA) is 54.3 Å². The van der Waals surface area contributed by atoms with Crippen LogP contribution in [0, 0.1) is 5.82 Å². The Bertz CT molecular complexity index is 1430. The number of nitrogens with one attached hydrogen (secondary N) is 1. The third-order valence-electron chi connectivity index (χ3n) is 6.58. The highest BCUT2D eigenvalue weighted by atomic mass is 35.5. The Morgan fingerprint density at radius 1 is 1.03 bits per heavy atom. The van der Waals surface area contributed by atoms with Crippen LogP contribution >= 0.6 is 11.6 Å². The number of rotatable bonds is 4. The first-order valence-corrected chi connectivity index (χ1v) is 11.4. The lowest BCUT2D eigenvalue weighted by Crippen LogP contribution is -2.45. The van der Waals surface area contributed by atoms with E-state index in [9.17, 15) is 14.0 Å². The van der Waals surface area contributed by atoms with Crippen LogP contribution in [0.2, 0.25) is 5.02 Å². The number of aromatic nitrogens is 1. The number of carbonyl (C=O) groups excluding carboxylic acids is 2. The number of benzene rings is 3. The molecule has 0 bridgehead atoms. The minimum Gasteiger partial charge on any atom is -0.351 e. The highest BCUT2D eigenvalue weighted by Crippen LogP contribution is 2.44. The van der Waals surface area contributed by atoms with Gasteiger partial charge in [-0.2, -0.15) is 0 Å². The molecular weight excluding hydrogens is 453 g/mol. The molecule has 0 fully saturated rings. The highest BCUT2D eigenvalue weighted by Gasteiger charge is 2.43. The standard InChI is InChI=1S/C27H23ClFN3O2/c1-31-15-21(18-7-5-6-10-23(18)31)25-24(19-8-3-4-9-20(19)27(34)32(25)2)26(33)30-14-16-11-12-17(29)13-22(16)28/h3-13,15,24-25H,14H2,1-2H3,(H,30,33). The average Bonchev–Trinajstić information content (AvgIpc) is 3.16. The molecule has 1 aliphatic rings. The molecule has 1 aromatic heterocycles. The predicted octanol–water partition coefficient (Wildman–Crippen LogP) is 5.20. The van der Waals surface area contributed by atoms with Crippen molar-refractivity contribution < 1.29 is 14.0 Å². The summed E-state index contributed by atoms with van der Waals surface area (Å²) in [5.41, 5.74) is 3.75. The van der Waals surface area contributed by atoms with Gasteiger partial charge in [0.2, 0.25) is 5.91 Å². The molecule has 5 rings (SSSR count). The van der Waals surface area contributed by atoms with Crippen molar-refractivity contribution in [3.8, 4) is 0 Å². The maximum absolute atomic E-state index is 13.7. The summed E-state index contributed by atoms with van der Waals surface area (Å²) in [5.74, 6) is -1.43. The van der Waals surface area contributed by atoms with Gasteiger partial charge in [0.1, 0.15) is 5.82 Å². The summed E-state index contributed by atoms with van der Waals surface area (Å²) in [6.45, 7) is 0.149. The molecule has 172 valence electrons. The van der Waals surface area contributed by atoms with Gasteiger partial charge in [0.05, 0.1) is 12.0 Å². The van der Waals surface area contributed by atoms with E-state index in [1.165, 1.54) is 12.1 Å². The van der Waals surface area contributed by atoms with Crippen LogP contribution in [-0.2, 0) is 18.4 Å². The minimum atomic E-state index is -0.635. The van der Waals surface area contributed by atoms with Crippen molar-refractivity contribution in [3.63, 3.8) is 0 Å². The van der Waals surface area contributed by atoms with Crippen molar-refractivity contribution in [1.82, 2.24) is 14.8 Å². The number of carbonyl (C=O) groups is 2. The molecule has 2 heterocycles. The Labute approximate surface area is 201 Å². The van der Waals surface area contributed by atoms with E-state index in [0.717, 1.165) is 16.5 Å². The van der Waals surface area contributed by atoms with E-state index in [4.69, 9.17) is 11.6 Å². The third kappa shape index (κ3) is 3.64. The van der Waals surface area contributed by atoms with Gasteiger partial charge in [0.25, 0.3) is 5.91 Å². The van der Waals surface area contributed by atoms with Gasteiger partial charge in [-0.25, -0.2) is 4.39 Å². The number of halogens is 2. The number of para-hydroxylation sites is 1. The van der Waals surface area contributed by atoms with Crippen molar-refractivity contribution >= 4 is 34.3 Å². The number of hydrogen-bond donors (Lipinski definition) is 1. The maximum atomic E-state index is 13.7. The lowest BCUT2D eigenvalue weighted by atomic mass is 9.79. The van der Waals surface area contributed by atoms with Gasteiger partial charge < -0.3 is 14.8 Å². The van der Waals surface area contributed by atoms with Gasteiger partial charge in [0, 0.05) is 53.9 Å². The summed E-state index contributed by atoms with van der Waals surface area (Å²) >= 11 is 6.17. The zero-order chi connectivity index (χ0) is 24.0. The largest absolute Gasteiger partial charge is 0.351 e. The van der Waals surface area contributed by atoms with Crippen molar-refractivity contribution in [2.45, 2.75) is 18.5 Å². The molecule has 4 aromatic rings. The van der Waals surface area contributed by atoms with E-state index in [-0.39, 0.29) is 23.4 Å². The number of nitrogens with zero attached hydrogens (tertiary/aromatic N) is 2. The fourth-order valence-corrected chi connectivity index (χ4v) is 5.15. The van der Waals surface area contributed by atoms with Crippen molar-refractivity contribution in [1.29, 1.82) is 0 Å². The van der Waals surface area contributed by atoms with Crippen LogP contribution in [0.3, 0.4) is 0 Å². The summed E-state index contributed by atoms with van der Waals surface area (Å²) in [6, 6.07) is 18.8. The lowest BCUT2D eigenvalue weighted by molar-refractivity contribution is -0.124. The Balaban J connectivity index is 1.59. The second-order valence-electron chi connectivity index (χ2n) is 8.59. The molecule has 5 nitrogen and oxygen atoms in total. The molecule has 1 N–H and O–H groups in total. The third-order valence-corrected chi connectivity index (χ3v) is 6.93. The molecule has 3 aromatic carbocycles. The zero-order valence-corrected chi connectivity index (χ0v) is 19.5. The molecule has 7 heteroatoms. The van der Waals surface area contributed by atoms with Crippen LogP contribution in [0.1, 0.15) is 39.0 Å². The molecular formula is C27H23ClFN3O2. The second kappa shape index (κ2) is 8.61. The SMILES string of the molecule is CN1C(=O)c2ccccc2C(C(=O)NCc2ccc(F)cc2Cl)C1c1cn(C)c2ccccc12. The first-order chi connectivity index (χ1) is 16.4. The number of hydrogen-bond acceptors (Lipinski definition) is 2. The van der Waals surface area contributed by atoms with Crippen LogP contribution in [-0.4, -0.2) is 28.3 Å². The zero-order valence-electron chi connectivity index (χ0n) is 18.8. The number of fused-ring (bicyclic) bond motifs is 2. The van der Waals surface area contributed by atoms with Gasteiger partial charge in [0.15, 0.2) is 0 Å². The molecule has 34 heavy (non-hydrogen) atoms. The van der Waals surface area contributed by atoms with Gasteiger partial charge in [-0.05, 0) is 35.4 Å². The molecule has 1 aliphatic heterocycles. The number of likely N-dealkylation sites (N-methyl/N-ethyl adjacent to an activating group) is 1. The smallest absolute Gasteiger partial charge is 0.254 e. The number of amides is 2. The fraction of sp³-hybridized carbons (Fsp3) is 0.185. The lowest BCUT2D eigenvalue weighted by Gasteiger charge is -2.39. The molecule has 0 aliphatic carbocycles. The molecule has 0 spiro atoms. The summed E-state index contributed by atoms with van der Waals surface area (Å²) in [4.78, 5) is 28.7. The Kier molecular flexibility index (Phi) is 5.62. The van der Waals surface area contributed by atoms with Crippen LogP contribution < -0.4 is 5.32 Å². The monoisotopic (exact) mass is 475 g/mol. The molecule has 0 radical (unpaired) electrons. The normalized spacial score (nSPS) is 17.6. The van der Waals surface area contributed by atoms with Crippen LogP contribution in [0.15, 0.2) is 72.9 Å². The highest BCUT2D eigenvalue weighted by molar-refractivity contribution is 6.31. The van der Waals surface area contributed by atoms with Gasteiger partial charge in [-0.15, -0.1) is 0 Å². The van der Waals surface area contributed by atoms with Crippen molar-refractivity contribution in [2.75, 3.05) is 7.05 Å². The van der Waals surface area contributed by atoms with E-state index in [1.54, 1.807) is 30.1 Å². The van der Waals surface area contributed by atoms with Crippen molar-refractivity contribution in [3.05, 3.63) is 106 Å². The first kappa shape index (κ1) is 22.2. The van der Waals surface area contributed by atoms with E-state index >= 15 is 0 Å². The molecule has 2 unspecified atom stereocenters. The minimum absolute atomic E-state index is 0.126. The van der Waals surface area contributed by atoms with E-state index < -0.39 is 17.8 Å². The van der Waals surface area contributed by atoms with E-state index in [2.05, 4.69) is 5.32 Å². The summed E-state index contributed by atoms with van der Waals surface area (Å²) in [5, 5.41) is 4.22.